The van der Waals surface area contributed by atoms with E-state index in [1.807, 2.05) is 11.9 Å². The summed E-state index contributed by atoms with van der Waals surface area (Å²) in [6.45, 7) is 3.39. The number of non-ortho nitro benzene ring substituents is 1. The quantitative estimate of drug-likeness (QED) is 0.575. The number of piperazine rings is 1. The largest absolute Gasteiger partial charge is 0.377 e. The zero-order valence-corrected chi connectivity index (χ0v) is 15.5. The number of hydrogen-bond acceptors (Lipinski definition) is 7. The third kappa shape index (κ3) is 3.74. The maximum Gasteiger partial charge on any atom is 0.269 e. The molecular formula is C16H24N4O5S. The Morgan fingerprint density at radius 2 is 1.77 bits per heavy atom. The van der Waals surface area contributed by atoms with Crippen molar-refractivity contribution >= 4 is 15.7 Å². The van der Waals surface area contributed by atoms with Crippen molar-refractivity contribution in [1.29, 1.82) is 0 Å². The lowest BCUT2D eigenvalue weighted by Crippen LogP contribution is -2.56. The average molecular weight is 384 g/mol. The third-order valence-electron chi connectivity index (χ3n) is 5.16. The molecule has 0 bridgehead atoms. The average Bonchev–Trinajstić information content (AvgIpc) is 3.12. The maximum absolute atomic E-state index is 13.0. The summed E-state index contributed by atoms with van der Waals surface area (Å²) in [5.74, 6) is 0. The molecule has 2 aliphatic rings. The smallest absolute Gasteiger partial charge is 0.269 e. The van der Waals surface area contributed by atoms with E-state index in [2.05, 4.69) is 4.90 Å². The van der Waals surface area contributed by atoms with E-state index in [4.69, 9.17) is 0 Å². The van der Waals surface area contributed by atoms with E-state index in [9.17, 15) is 23.6 Å². The minimum Gasteiger partial charge on any atom is -0.377 e. The fourth-order valence-corrected chi connectivity index (χ4v) is 5.26. The van der Waals surface area contributed by atoms with E-state index in [-0.39, 0.29) is 10.6 Å². The van der Waals surface area contributed by atoms with Gasteiger partial charge in [0.2, 0.25) is 10.0 Å². The first-order valence-corrected chi connectivity index (χ1v) is 10.1. The fraction of sp³-hybridized carbons (Fsp3) is 0.625. The lowest BCUT2D eigenvalue weighted by Gasteiger charge is -2.39. The van der Waals surface area contributed by atoms with Gasteiger partial charge in [0.25, 0.3) is 5.69 Å². The molecule has 2 atom stereocenters. The van der Waals surface area contributed by atoms with Crippen LogP contribution in [0.3, 0.4) is 0 Å². The van der Waals surface area contributed by atoms with Crippen LogP contribution >= 0.6 is 0 Å². The summed E-state index contributed by atoms with van der Waals surface area (Å²) in [6.07, 6.45) is 0.431. The zero-order chi connectivity index (χ0) is 18.9. The highest BCUT2D eigenvalue weighted by Crippen LogP contribution is 2.30. The van der Waals surface area contributed by atoms with Crippen molar-refractivity contribution in [3.8, 4) is 0 Å². The predicted molar refractivity (Wildman–Crippen MR) is 95.1 cm³/mol. The van der Waals surface area contributed by atoms with Crippen LogP contribution in [0.15, 0.2) is 29.2 Å². The van der Waals surface area contributed by atoms with Gasteiger partial charge >= 0.3 is 0 Å². The number of nitrogens with zero attached hydrogens (tertiary/aromatic N) is 4. The summed E-state index contributed by atoms with van der Waals surface area (Å²) in [4.78, 5) is 14.3. The normalized spacial score (nSPS) is 24.6. The Kier molecular flexibility index (Phi) is 5.58. The summed E-state index contributed by atoms with van der Waals surface area (Å²) >= 11 is 0. The second-order valence-electron chi connectivity index (χ2n) is 6.83. The molecule has 0 saturated carbocycles. The Morgan fingerprint density at radius 3 is 2.35 bits per heavy atom. The molecule has 2 heterocycles. The van der Waals surface area contributed by atoms with Crippen LogP contribution in [0.2, 0.25) is 0 Å². The van der Waals surface area contributed by atoms with Crippen molar-refractivity contribution in [1.82, 2.24) is 14.1 Å². The van der Waals surface area contributed by atoms with Crippen molar-refractivity contribution in [3.63, 3.8) is 0 Å². The molecule has 0 aliphatic carbocycles. The molecule has 0 aromatic heterocycles. The summed E-state index contributed by atoms with van der Waals surface area (Å²) in [6, 6.07) is 4.39. The van der Waals surface area contributed by atoms with Gasteiger partial charge in [-0.1, -0.05) is 0 Å². The highest BCUT2D eigenvalue weighted by atomic mass is 32.2. The number of rotatable bonds is 5. The zero-order valence-electron chi connectivity index (χ0n) is 14.7. The molecule has 10 heteroatoms. The van der Waals surface area contributed by atoms with E-state index in [1.165, 1.54) is 28.6 Å². The van der Waals surface area contributed by atoms with Crippen LogP contribution in [-0.2, 0) is 10.0 Å². The van der Waals surface area contributed by atoms with Gasteiger partial charge in [-0.2, -0.15) is 4.31 Å². The number of aliphatic hydroxyl groups excluding tert-OH is 1. The molecular weight excluding hydrogens is 360 g/mol. The molecule has 0 amide bonds. The molecule has 0 radical (unpaired) electrons. The van der Waals surface area contributed by atoms with Gasteiger partial charge < -0.3 is 10.0 Å². The summed E-state index contributed by atoms with van der Waals surface area (Å²) in [5.41, 5.74) is -0.153. The summed E-state index contributed by atoms with van der Waals surface area (Å²) in [5, 5.41) is 21.5. The maximum atomic E-state index is 13.0. The van der Waals surface area contributed by atoms with Crippen LogP contribution < -0.4 is 0 Å². The van der Waals surface area contributed by atoms with Gasteiger partial charge in [-0.3, -0.25) is 15.0 Å². The SMILES string of the molecule is CN1CCN(C(O)[C@@H]2CCCN2S(=O)(=O)c2ccc([N+](=O)[O-])cc2)CC1. The van der Waals surface area contributed by atoms with Crippen LogP contribution in [0.5, 0.6) is 0 Å². The standard InChI is InChI=1S/C16H24N4O5S/c1-17-9-11-18(12-10-17)16(21)15-3-2-8-19(15)26(24,25)14-6-4-13(5-7-14)20(22)23/h4-7,15-16,21H,2-3,8-12H2,1H3/t15-,16?/m0/s1. The van der Waals surface area contributed by atoms with Crippen molar-refractivity contribution in [3.05, 3.63) is 34.4 Å². The number of benzene rings is 1. The van der Waals surface area contributed by atoms with Gasteiger partial charge in [0, 0.05) is 44.9 Å². The summed E-state index contributed by atoms with van der Waals surface area (Å²) < 4.78 is 27.3. The lowest BCUT2D eigenvalue weighted by atomic mass is 10.1. The van der Waals surface area contributed by atoms with Gasteiger partial charge in [-0.25, -0.2) is 8.42 Å². The van der Waals surface area contributed by atoms with E-state index < -0.39 is 27.2 Å². The second-order valence-corrected chi connectivity index (χ2v) is 8.72. The number of aliphatic hydroxyl groups is 1. The van der Waals surface area contributed by atoms with Gasteiger partial charge in [-0.15, -0.1) is 0 Å². The van der Waals surface area contributed by atoms with Crippen LogP contribution in [0.4, 0.5) is 5.69 Å². The molecule has 9 nitrogen and oxygen atoms in total. The Bertz CT molecular complexity index is 746. The number of nitro groups is 1. The van der Waals surface area contributed by atoms with Crippen LogP contribution in [0, 0.1) is 10.1 Å². The third-order valence-corrected chi connectivity index (χ3v) is 7.10. The van der Waals surface area contributed by atoms with Crippen molar-refractivity contribution in [2.45, 2.75) is 30.0 Å². The minimum atomic E-state index is -3.81. The molecule has 0 spiro atoms. The molecule has 1 unspecified atom stereocenters. The number of nitro benzene ring substituents is 1. The van der Waals surface area contributed by atoms with Crippen molar-refractivity contribution in [2.24, 2.45) is 0 Å². The van der Waals surface area contributed by atoms with Crippen molar-refractivity contribution in [2.75, 3.05) is 39.8 Å². The van der Waals surface area contributed by atoms with Crippen molar-refractivity contribution < 1.29 is 18.4 Å². The molecule has 2 aliphatic heterocycles. The van der Waals surface area contributed by atoms with E-state index >= 15 is 0 Å². The molecule has 1 N–H and O–H groups in total. The Labute approximate surface area is 153 Å². The monoisotopic (exact) mass is 384 g/mol. The van der Waals surface area contributed by atoms with Crippen LogP contribution in [0.25, 0.3) is 0 Å². The molecule has 3 rings (SSSR count). The topological polar surface area (TPSA) is 107 Å². The van der Waals surface area contributed by atoms with Crippen LogP contribution in [0.1, 0.15) is 12.8 Å². The Balaban J connectivity index is 1.78. The summed E-state index contributed by atoms with van der Waals surface area (Å²) in [7, 11) is -1.79. The molecule has 26 heavy (non-hydrogen) atoms. The molecule has 1 aromatic carbocycles. The predicted octanol–water partition coefficient (Wildman–Crippen LogP) is 0.314. The van der Waals surface area contributed by atoms with Crippen LogP contribution in [-0.4, -0.2) is 84.6 Å². The fourth-order valence-electron chi connectivity index (χ4n) is 3.57. The number of sulfonamides is 1. The molecule has 2 saturated heterocycles. The van der Waals surface area contributed by atoms with Gasteiger partial charge in [0.15, 0.2) is 0 Å². The molecule has 1 aromatic rings. The van der Waals surface area contributed by atoms with E-state index in [0.717, 1.165) is 13.1 Å². The Morgan fingerprint density at radius 1 is 1.15 bits per heavy atom. The molecule has 144 valence electrons. The molecule has 2 fully saturated rings. The Hall–Kier alpha value is -1.59. The first-order chi connectivity index (χ1) is 12.3. The minimum absolute atomic E-state index is 0.0144. The number of hydrogen-bond donors (Lipinski definition) is 1. The van der Waals surface area contributed by atoms with Gasteiger partial charge in [0.1, 0.15) is 6.23 Å². The first-order valence-electron chi connectivity index (χ1n) is 8.67. The van der Waals surface area contributed by atoms with E-state index in [1.54, 1.807) is 0 Å². The first kappa shape index (κ1) is 19.2. The van der Waals surface area contributed by atoms with Gasteiger partial charge in [-0.05, 0) is 32.0 Å². The highest BCUT2D eigenvalue weighted by molar-refractivity contribution is 7.89. The lowest BCUT2D eigenvalue weighted by molar-refractivity contribution is -0.384. The van der Waals surface area contributed by atoms with Gasteiger partial charge in [0.05, 0.1) is 15.9 Å². The second kappa shape index (κ2) is 7.57. The van der Waals surface area contributed by atoms with E-state index in [0.29, 0.717) is 32.5 Å². The highest BCUT2D eigenvalue weighted by Gasteiger charge is 2.41. The number of likely N-dealkylation sites (N-methyl/N-ethyl adjacent to an activating group) is 1.